The predicted octanol–water partition coefficient (Wildman–Crippen LogP) is 1.22. The first-order valence-corrected chi connectivity index (χ1v) is 6.84. The van der Waals surface area contributed by atoms with Gasteiger partial charge in [-0.3, -0.25) is 0 Å². The molecule has 3 nitrogen and oxygen atoms in total. The minimum Gasteiger partial charge on any atom is -0.393 e. The number of aliphatic hydroxyl groups is 1. The third-order valence-electron chi connectivity index (χ3n) is 4.23. The Morgan fingerprint density at radius 3 is 2.31 bits per heavy atom. The zero-order valence-electron chi connectivity index (χ0n) is 10.5. The molecule has 2 fully saturated rings. The molecule has 94 valence electrons. The lowest BCUT2D eigenvalue weighted by Gasteiger charge is -2.32. The number of hydrogen-bond donors (Lipinski definition) is 2. The van der Waals surface area contributed by atoms with E-state index in [1.54, 1.807) is 0 Å². The van der Waals surface area contributed by atoms with Gasteiger partial charge >= 0.3 is 0 Å². The van der Waals surface area contributed by atoms with E-state index in [2.05, 4.69) is 17.3 Å². The largest absolute Gasteiger partial charge is 0.393 e. The van der Waals surface area contributed by atoms with E-state index in [4.69, 9.17) is 0 Å². The van der Waals surface area contributed by atoms with Gasteiger partial charge < -0.3 is 15.3 Å². The van der Waals surface area contributed by atoms with Crippen LogP contribution in [0.4, 0.5) is 0 Å². The van der Waals surface area contributed by atoms with Crippen LogP contribution in [0.2, 0.25) is 0 Å². The molecule has 1 saturated carbocycles. The second-order valence-corrected chi connectivity index (χ2v) is 5.66. The van der Waals surface area contributed by atoms with Crippen LogP contribution in [0.5, 0.6) is 0 Å². The number of rotatable bonds is 3. The van der Waals surface area contributed by atoms with Gasteiger partial charge in [0.2, 0.25) is 0 Å². The van der Waals surface area contributed by atoms with Crippen molar-refractivity contribution in [1.29, 1.82) is 0 Å². The molecular weight excluding hydrogens is 200 g/mol. The molecule has 2 rings (SSSR count). The molecule has 0 radical (unpaired) electrons. The lowest BCUT2D eigenvalue weighted by atomic mass is 9.91. The van der Waals surface area contributed by atoms with Crippen molar-refractivity contribution in [1.82, 2.24) is 10.2 Å². The molecule has 0 unspecified atom stereocenters. The molecule has 1 saturated heterocycles. The first-order valence-electron chi connectivity index (χ1n) is 6.84. The van der Waals surface area contributed by atoms with Crippen LogP contribution in [0, 0.1) is 5.92 Å². The third-order valence-corrected chi connectivity index (χ3v) is 4.23. The Bertz CT molecular complexity index is 172. The van der Waals surface area contributed by atoms with Gasteiger partial charge in [-0.05, 0) is 71.1 Å². The summed E-state index contributed by atoms with van der Waals surface area (Å²) in [5.41, 5.74) is 0. The van der Waals surface area contributed by atoms with Crippen molar-refractivity contribution in [2.45, 2.75) is 50.7 Å². The van der Waals surface area contributed by atoms with E-state index in [-0.39, 0.29) is 6.10 Å². The summed E-state index contributed by atoms with van der Waals surface area (Å²) in [6.07, 6.45) is 6.97. The lowest BCUT2D eigenvalue weighted by molar-refractivity contribution is 0.114. The van der Waals surface area contributed by atoms with Crippen LogP contribution in [0.25, 0.3) is 0 Å². The topological polar surface area (TPSA) is 35.5 Å². The van der Waals surface area contributed by atoms with Gasteiger partial charge in [0.25, 0.3) is 0 Å². The Labute approximate surface area is 99.2 Å². The summed E-state index contributed by atoms with van der Waals surface area (Å²) in [4.78, 5) is 2.42. The molecule has 16 heavy (non-hydrogen) atoms. The first-order chi connectivity index (χ1) is 7.74. The van der Waals surface area contributed by atoms with E-state index in [0.29, 0.717) is 6.04 Å². The molecule has 0 bridgehead atoms. The highest BCUT2D eigenvalue weighted by molar-refractivity contribution is 4.79. The average Bonchev–Trinajstić information content (AvgIpc) is 2.30. The molecule has 3 heteroatoms. The van der Waals surface area contributed by atoms with E-state index in [1.165, 1.54) is 32.5 Å². The van der Waals surface area contributed by atoms with Gasteiger partial charge in [-0.25, -0.2) is 0 Å². The highest BCUT2D eigenvalue weighted by Crippen LogP contribution is 2.20. The highest BCUT2D eigenvalue weighted by atomic mass is 16.3. The maximum Gasteiger partial charge on any atom is 0.0541 e. The Morgan fingerprint density at radius 2 is 1.69 bits per heavy atom. The quantitative estimate of drug-likeness (QED) is 0.759. The van der Waals surface area contributed by atoms with E-state index in [0.717, 1.165) is 31.6 Å². The fourth-order valence-corrected chi connectivity index (χ4v) is 2.88. The minimum atomic E-state index is -0.0265. The number of aliphatic hydroxyl groups excluding tert-OH is 1. The number of nitrogens with zero attached hydrogens (tertiary/aromatic N) is 1. The normalized spacial score (nSPS) is 34.1. The van der Waals surface area contributed by atoms with Crippen molar-refractivity contribution < 1.29 is 5.11 Å². The molecular formula is C13H26N2O. The fourth-order valence-electron chi connectivity index (χ4n) is 2.88. The predicted molar refractivity (Wildman–Crippen MR) is 66.5 cm³/mol. The number of piperidine rings is 1. The summed E-state index contributed by atoms with van der Waals surface area (Å²) in [6.45, 7) is 3.71. The summed E-state index contributed by atoms with van der Waals surface area (Å²) in [5, 5.41) is 13.1. The van der Waals surface area contributed by atoms with E-state index in [1.807, 2.05) is 0 Å². The smallest absolute Gasteiger partial charge is 0.0541 e. The molecule has 2 N–H and O–H groups in total. The maximum absolute atomic E-state index is 9.44. The van der Waals surface area contributed by atoms with Crippen molar-refractivity contribution in [3.05, 3.63) is 0 Å². The van der Waals surface area contributed by atoms with E-state index in [9.17, 15) is 5.11 Å². The molecule has 0 spiro atoms. The Hall–Kier alpha value is -0.120. The second kappa shape index (κ2) is 5.99. The first kappa shape index (κ1) is 12.3. The molecule has 0 atom stereocenters. The van der Waals surface area contributed by atoms with Crippen LogP contribution in [-0.4, -0.2) is 48.8 Å². The Kier molecular flexibility index (Phi) is 4.62. The highest BCUT2D eigenvalue weighted by Gasteiger charge is 2.21. The third kappa shape index (κ3) is 3.72. The van der Waals surface area contributed by atoms with Gasteiger partial charge in [-0.1, -0.05) is 0 Å². The minimum absolute atomic E-state index is 0.0265. The van der Waals surface area contributed by atoms with E-state index < -0.39 is 0 Å². The summed E-state index contributed by atoms with van der Waals surface area (Å²) in [7, 11) is 2.21. The van der Waals surface area contributed by atoms with Crippen LogP contribution in [0.1, 0.15) is 38.5 Å². The Balaban J connectivity index is 1.60. The lowest BCUT2D eigenvalue weighted by Crippen LogP contribution is -2.40. The monoisotopic (exact) mass is 226 g/mol. The molecule has 1 aliphatic heterocycles. The molecule has 0 aromatic carbocycles. The zero-order valence-corrected chi connectivity index (χ0v) is 10.5. The molecule has 1 heterocycles. The van der Waals surface area contributed by atoms with Crippen LogP contribution >= 0.6 is 0 Å². The molecule has 2 aliphatic rings. The van der Waals surface area contributed by atoms with Crippen molar-refractivity contribution >= 4 is 0 Å². The van der Waals surface area contributed by atoms with Gasteiger partial charge in [0, 0.05) is 6.04 Å². The molecule has 0 aromatic heterocycles. The number of hydrogen-bond acceptors (Lipinski definition) is 3. The summed E-state index contributed by atoms with van der Waals surface area (Å²) in [6, 6.07) is 0.669. The maximum atomic E-state index is 9.44. The van der Waals surface area contributed by atoms with Gasteiger partial charge in [0.05, 0.1) is 6.10 Å². The average molecular weight is 226 g/mol. The Morgan fingerprint density at radius 1 is 1.06 bits per heavy atom. The number of nitrogens with one attached hydrogen (secondary N) is 1. The molecule has 0 aromatic rings. The molecule has 1 aliphatic carbocycles. The van der Waals surface area contributed by atoms with Crippen molar-refractivity contribution in [2.75, 3.05) is 26.7 Å². The van der Waals surface area contributed by atoms with Crippen molar-refractivity contribution in [3.8, 4) is 0 Å². The standard InChI is InChI=1S/C13H26N2O/c1-15-8-6-11(7-9-15)10-14-12-2-4-13(16)5-3-12/h11-14,16H,2-10H2,1H3. The fraction of sp³-hybridized carbons (Fsp3) is 1.00. The summed E-state index contributed by atoms with van der Waals surface area (Å²) in [5.74, 6) is 0.878. The summed E-state index contributed by atoms with van der Waals surface area (Å²) < 4.78 is 0. The van der Waals surface area contributed by atoms with E-state index >= 15 is 0 Å². The number of likely N-dealkylation sites (tertiary alicyclic amines) is 1. The van der Waals surface area contributed by atoms with Gasteiger partial charge in [-0.15, -0.1) is 0 Å². The van der Waals surface area contributed by atoms with Gasteiger partial charge in [0.15, 0.2) is 0 Å². The van der Waals surface area contributed by atoms with Crippen LogP contribution in [0.3, 0.4) is 0 Å². The zero-order chi connectivity index (χ0) is 11.4. The van der Waals surface area contributed by atoms with Crippen LogP contribution in [-0.2, 0) is 0 Å². The van der Waals surface area contributed by atoms with Gasteiger partial charge in [-0.2, -0.15) is 0 Å². The van der Waals surface area contributed by atoms with Crippen LogP contribution < -0.4 is 5.32 Å². The summed E-state index contributed by atoms with van der Waals surface area (Å²) >= 11 is 0. The SMILES string of the molecule is CN1CCC(CNC2CCC(O)CC2)CC1. The second-order valence-electron chi connectivity index (χ2n) is 5.66. The van der Waals surface area contributed by atoms with Crippen molar-refractivity contribution in [2.24, 2.45) is 5.92 Å². The van der Waals surface area contributed by atoms with Gasteiger partial charge in [0.1, 0.15) is 0 Å². The molecule has 0 amide bonds. The van der Waals surface area contributed by atoms with Crippen molar-refractivity contribution in [3.63, 3.8) is 0 Å². The van der Waals surface area contributed by atoms with Crippen LogP contribution in [0.15, 0.2) is 0 Å².